The average molecular weight is 176 g/mol. The van der Waals surface area contributed by atoms with Crippen molar-refractivity contribution in [1.82, 2.24) is 0 Å². The molecule has 1 N–H and O–H groups in total. The van der Waals surface area contributed by atoms with Gasteiger partial charge in [-0.05, 0) is 6.42 Å². The van der Waals surface area contributed by atoms with Crippen LogP contribution in [0.3, 0.4) is 0 Å². The molecule has 0 rings (SSSR count). The van der Waals surface area contributed by atoms with E-state index < -0.39 is 10.1 Å². The zero-order valence-corrected chi connectivity index (χ0v) is 6.32. The van der Waals surface area contributed by atoms with Crippen LogP contribution in [0.25, 0.3) is 0 Å². The van der Waals surface area contributed by atoms with Gasteiger partial charge in [-0.1, -0.05) is 19.8 Å². The minimum atomic E-state index is -3.70. The molecule has 0 unspecified atom stereocenters. The van der Waals surface area contributed by atoms with Crippen molar-refractivity contribution in [3.8, 4) is 0 Å². The van der Waals surface area contributed by atoms with E-state index in [0.717, 1.165) is 12.8 Å². The monoisotopic (exact) mass is 176 g/mol. The molecule has 0 aliphatic rings. The van der Waals surface area contributed by atoms with Crippen LogP contribution >= 0.6 is 0 Å². The zero-order valence-electron chi connectivity index (χ0n) is 5.50. The molecule has 0 aromatic carbocycles. The second kappa shape index (κ2) is 6.61. The summed E-state index contributed by atoms with van der Waals surface area (Å²) >= 11 is 0. The van der Waals surface area contributed by atoms with Gasteiger partial charge in [-0.25, -0.2) is 0 Å². The summed E-state index contributed by atoms with van der Waals surface area (Å²) in [5, 5.41) is 0. The molecular formula is C5H13NaO3S. The van der Waals surface area contributed by atoms with E-state index >= 15 is 0 Å². The summed E-state index contributed by atoms with van der Waals surface area (Å²) in [5.41, 5.74) is 0. The molecule has 0 aromatic rings. The van der Waals surface area contributed by atoms with Gasteiger partial charge < -0.3 is 0 Å². The van der Waals surface area contributed by atoms with Crippen LogP contribution in [0.2, 0.25) is 0 Å². The molecule has 0 aliphatic carbocycles. The van der Waals surface area contributed by atoms with E-state index in [1.54, 1.807) is 0 Å². The van der Waals surface area contributed by atoms with Crippen LogP contribution in [-0.2, 0) is 10.1 Å². The van der Waals surface area contributed by atoms with Crippen LogP contribution in [0.4, 0.5) is 0 Å². The molecule has 3 nitrogen and oxygen atoms in total. The van der Waals surface area contributed by atoms with Crippen LogP contribution in [0, 0.1) is 0 Å². The fourth-order valence-corrected chi connectivity index (χ4v) is 1.10. The predicted octanol–water partition coefficient (Wildman–Crippen LogP) is 0.416. The van der Waals surface area contributed by atoms with Crippen LogP contribution in [-0.4, -0.2) is 48.3 Å². The number of hydrogen-bond acceptors (Lipinski definition) is 2. The van der Waals surface area contributed by atoms with Crippen LogP contribution in [0.15, 0.2) is 0 Å². The Morgan fingerprint density at radius 1 is 1.30 bits per heavy atom. The van der Waals surface area contributed by atoms with E-state index in [9.17, 15) is 8.42 Å². The van der Waals surface area contributed by atoms with Crippen molar-refractivity contribution in [2.45, 2.75) is 26.2 Å². The van der Waals surface area contributed by atoms with Crippen LogP contribution in [0.5, 0.6) is 0 Å². The van der Waals surface area contributed by atoms with Gasteiger partial charge in [0.15, 0.2) is 0 Å². The molecule has 0 fully saturated rings. The molecule has 0 radical (unpaired) electrons. The van der Waals surface area contributed by atoms with Crippen molar-refractivity contribution in [2.24, 2.45) is 0 Å². The Bertz CT molecular complexity index is 152. The summed E-state index contributed by atoms with van der Waals surface area (Å²) in [6, 6.07) is 0. The van der Waals surface area contributed by atoms with E-state index in [-0.39, 0.29) is 35.3 Å². The molecule has 0 aromatic heterocycles. The first kappa shape index (κ1) is 13.5. The van der Waals surface area contributed by atoms with Gasteiger partial charge in [-0.15, -0.1) is 0 Å². The van der Waals surface area contributed by atoms with Crippen molar-refractivity contribution in [3.05, 3.63) is 0 Å². The van der Waals surface area contributed by atoms with Crippen molar-refractivity contribution in [2.75, 3.05) is 5.75 Å². The summed E-state index contributed by atoms with van der Waals surface area (Å²) in [7, 11) is -3.70. The molecule has 0 aliphatic heterocycles. The van der Waals surface area contributed by atoms with Crippen LogP contribution < -0.4 is 0 Å². The fourth-order valence-electron chi connectivity index (χ4n) is 0.534. The number of unbranched alkanes of at least 4 members (excludes halogenated alkanes) is 2. The summed E-state index contributed by atoms with van der Waals surface area (Å²) in [6.45, 7) is 1.98. The van der Waals surface area contributed by atoms with Crippen molar-refractivity contribution >= 4 is 39.7 Å². The van der Waals surface area contributed by atoms with E-state index in [1.807, 2.05) is 6.92 Å². The Labute approximate surface area is 84.2 Å². The van der Waals surface area contributed by atoms with Crippen LogP contribution in [0.1, 0.15) is 26.2 Å². The molecule has 0 saturated heterocycles. The topological polar surface area (TPSA) is 54.4 Å². The third-order valence-electron chi connectivity index (χ3n) is 1.01. The van der Waals surface area contributed by atoms with E-state index in [1.165, 1.54) is 0 Å². The molecule has 0 heterocycles. The maximum absolute atomic E-state index is 10.1. The van der Waals surface area contributed by atoms with Crippen molar-refractivity contribution in [3.63, 3.8) is 0 Å². The third-order valence-corrected chi connectivity index (χ3v) is 1.81. The Hall–Kier alpha value is 0.910. The third kappa shape index (κ3) is 11.7. The first-order chi connectivity index (χ1) is 4.06. The number of rotatable bonds is 4. The van der Waals surface area contributed by atoms with Gasteiger partial charge in [-0.3, -0.25) is 4.55 Å². The van der Waals surface area contributed by atoms with Gasteiger partial charge in [0.05, 0.1) is 5.75 Å². The second-order valence-corrected chi connectivity index (χ2v) is 3.57. The molecule has 0 bridgehead atoms. The first-order valence-electron chi connectivity index (χ1n) is 3.01. The fraction of sp³-hybridized carbons (Fsp3) is 1.00. The van der Waals surface area contributed by atoms with Gasteiger partial charge in [0.25, 0.3) is 10.1 Å². The van der Waals surface area contributed by atoms with Crippen molar-refractivity contribution in [1.29, 1.82) is 0 Å². The van der Waals surface area contributed by atoms with Gasteiger partial charge in [-0.2, -0.15) is 8.42 Å². The molecule has 0 saturated carbocycles. The molecule has 5 heteroatoms. The Morgan fingerprint density at radius 3 is 2.10 bits per heavy atom. The van der Waals surface area contributed by atoms with E-state index in [4.69, 9.17) is 4.55 Å². The van der Waals surface area contributed by atoms with Gasteiger partial charge in [0, 0.05) is 0 Å². The quantitative estimate of drug-likeness (QED) is 0.383. The SMILES string of the molecule is CCCCCS(=O)(=O)O.[NaH]. The molecule has 0 spiro atoms. The molecule has 0 atom stereocenters. The zero-order chi connectivity index (χ0) is 7.33. The first-order valence-corrected chi connectivity index (χ1v) is 4.62. The summed E-state index contributed by atoms with van der Waals surface area (Å²) < 4.78 is 28.3. The molecule has 0 amide bonds. The Morgan fingerprint density at radius 2 is 1.80 bits per heavy atom. The Balaban J connectivity index is 0. The summed E-state index contributed by atoms with van der Waals surface area (Å²) in [4.78, 5) is 0. The number of hydrogen-bond donors (Lipinski definition) is 1. The molecule has 58 valence electrons. The minimum absolute atomic E-state index is 0. The normalized spacial score (nSPS) is 10.6. The Kier molecular flexibility index (Phi) is 8.92. The predicted molar refractivity (Wildman–Crippen MR) is 43.1 cm³/mol. The van der Waals surface area contributed by atoms with E-state index in [0.29, 0.717) is 6.42 Å². The van der Waals surface area contributed by atoms with E-state index in [2.05, 4.69) is 0 Å². The summed E-state index contributed by atoms with van der Waals surface area (Å²) in [6.07, 6.45) is 2.39. The molecular weight excluding hydrogens is 163 g/mol. The maximum atomic E-state index is 10.1. The van der Waals surface area contributed by atoms with Gasteiger partial charge in [0.2, 0.25) is 0 Å². The van der Waals surface area contributed by atoms with Crippen molar-refractivity contribution < 1.29 is 13.0 Å². The summed E-state index contributed by atoms with van der Waals surface area (Å²) in [5.74, 6) is -0.0964. The van der Waals surface area contributed by atoms with Gasteiger partial charge in [0.1, 0.15) is 0 Å². The average Bonchev–Trinajstić information content (AvgIpc) is 1.63. The second-order valence-electron chi connectivity index (χ2n) is 1.99. The van der Waals surface area contributed by atoms with Gasteiger partial charge >= 0.3 is 29.6 Å². The molecule has 10 heavy (non-hydrogen) atoms. The standard InChI is InChI=1S/C5H12O3S.Na.H/c1-2-3-4-5-9(6,7)8;;/h2-5H2,1H3,(H,6,7,8);;.